The van der Waals surface area contributed by atoms with Crippen LogP contribution in [0.3, 0.4) is 0 Å². The van der Waals surface area contributed by atoms with Crippen LogP contribution in [-0.2, 0) is 15.5 Å². The molecule has 10 heteroatoms. The van der Waals surface area contributed by atoms with E-state index in [-0.39, 0.29) is 23.7 Å². The number of nitrogens with zero attached hydrogens (tertiary/aromatic N) is 3. The molecule has 1 saturated heterocycles. The standard InChI is InChI=1S/C26H33F2N3O5/c1-8-12-26(27,28)22-23(30-19-13-16(34-7)10-11-18(19)29-22)35-20-14-31(24(33)36-25(4,5)6)21(15(3)32)17(20)9-2/h8,10-11,13,17,20-21H,1,9,12,14H2,2-7H3/t17-,20+,21-/m1/s1. The number of methoxy groups -OCH3 is 1. The molecule has 2 aromatic rings. The van der Waals surface area contributed by atoms with E-state index in [1.165, 1.54) is 18.9 Å². The van der Waals surface area contributed by atoms with Gasteiger partial charge in [-0.1, -0.05) is 13.0 Å². The summed E-state index contributed by atoms with van der Waals surface area (Å²) in [4.78, 5) is 35.3. The number of hydrogen-bond donors (Lipinski definition) is 0. The van der Waals surface area contributed by atoms with Crippen molar-refractivity contribution in [2.24, 2.45) is 5.92 Å². The first-order valence-corrected chi connectivity index (χ1v) is 11.8. The third-order valence-corrected chi connectivity index (χ3v) is 5.96. The van der Waals surface area contributed by atoms with Gasteiger partial charge in [-0.3, -0.25) is 9.69 Å². The highest BCUT2D eigenvalue weighted by atomic mass is 19.3. The molecular weight excluding hydrogens is 472 g/mol. The van der Waals surface area contributed by atoms with Crippen LogP contribution in [-0.4, -0.2) is 58.1 Å². The highest BCUT2D eigenvalue weighted by Crippen LogP contribution is 2.40. The number of benzene rings is 1. The maximum Gasteiger partial charge on any atom is 0.411 e. The lowest BCUT2D eigenvalue weighted by atomic mass is 9.93. The summed E-state index contributed by atoms with van der Waals surface area (Å²) in [5.41, 5.74) is -0.856. The van der Waals surface area contributed by atoms with Crippen molar-refractivity contribution in [3.05, 3.63) is 36.5 Å². The van der Waals surface area contributed by atoms with E-state index in [0.29, 0.717) is 17.7 Å². The zero-order valence-electron chi connectivity index (χ0n) is 21.5. The fourth-order valence-electron chi connectivity index (χ4n) is 4.40. The molecule has 2 heterocycles. The lowest BCUT2D eigenvalue weighted by Crippen LogP contribution is -2.44. The van der Waals surface area contributed by atoms with Crippen LogP contribution in [0.1, 0.15) is 53.2 Å². The molecule has 0 saturated carbocycles. The van der Waals surface area contributed by atoms with Gasteiger partial charge in [-0.05, 0) is 46.2 Å². The monoisotopic (exact) mass is 505 g/mol. The van der Waals surface area contributed by atoms with Crippen molar-refractivity contribution < 1.29 is 32.6 Å². The molecule has 0 unspecified atom stereocenters. The Morgan fingerprint density at radius 3 is 2.47 bits per heavy atom. The molecular formula is C26H33F2N3O5. The van der Waals surface area contributed by atoms with Gasteiger partial charge < -0.3 is 14.2 Å². The number of aromatic nitrogens is 2. The van der Waals surface area contributed by atoms with Crippen molar-refractivity contribution in [1.82, 2.24) is 14.9 Å². The zero-order valence-corrected chi connectivity index (χ0v) is 21.5. The molecule has 1 aliphatic rings. The number of ether oxygens (including phenoxy) is 3. The van der Waals surface area contributed by atoms with E-state index in [9.17, 15) is 9.59 Å². The summed E-state index contributed by atoms with van der Waals surface area (Å²) in [5, 5.41) is 0. The SMILES string of the molecule is C=CCC(F)(F)c1nc2ccc(OC)cc2nc1O[C@H]1CN(C(=O)OC(C)(C)C)[C@H](C(C)=O)[C@@H]1CC. The van der Waals surface area contributed by atoms with Crippen molar-refractivity contribution in [2.45, 2.75) is 71.1 Å². The van der Waals surface area contributed by atoms with Crippen LogP contribution in [0.15, 0.2) is 30.9 Å². The van der Waals surface area contributed by atoms with E-state index in [4.69, 9.17) is 14.2 Å². The minimum absolute atomic E-state index is 0.0258. The molecule has 196 valence electrons. The highest BCUT2D eigenvalue weighted by molar-refractivity contribution is 5.86. The molecule has 1 aromatic heterocycles. The van der Waals surface area contributed by atoms with Crippen molar-refractivity contribution in [3.8, 4) is 11.6 Å². The summed E-state index contributed by atoms with van der Waals surface area (Å²) in [6, 6.07) is 3.90. The van der Waals surface area contributed by atoms with Gasteiger partial charge >= 0.3 is 6.09 Å². The number of likely N-dealkylation sites (tertiary alicyclic amines) is 1. The third-order valence-electron chi connectivity index (χ3n) is 5.96. The van der Waals surface area contributed by atoms with Crippen LogP contribution in [0, 0.1) is 5.92 Å². The molecule has 1 fully saturated rings. The second kappa shape index (κ2) is 10.4. The van der Waals surface area contributed by atoms with Crippen molar-refractivity contribution >= 4 is 22.9 Å². The Bertz CT molecular complexity index is 1150. The summed E-state index contributed by atoms with van der Waals surface area (Å²) in [7, 11) is 1.48. The number of carbonyl (C=O) groups excluding carboxylic acids is 2. The molecule has 1 aromatic carbocycles. The Labute approximate surface area is 209 Å². The number of halogens is 2. The quantitative estimate of drug-likeness (QED) is 0.450. The molecule has 0 aliphatic carbocycles. The van der Waals surface area contributed by atoms with E-state index in [0.717, 1.165) is 6.08 Å². The number of alkyl halides is 2. The first-order chi connectivity index (χ1) is 16.8. The Balaban J connectivity index is 2.07. The summed E-state index contributed by atoms with van der Waals surface area (Å²) >= 11 is 0. The average molecular weight is 506 g/mol. The van der Waals surface area contributed by atoms with E-state index in [2.05, 4.69) is 16.5 Å². The maximum absolute atomic E-state index is 15.1. The molecule has 0 spiro atoms. The van der Waals surface area contributed by atoms with E-state index >= 15 is 8.78 Å². The largest absolute Gasteiger partial charge is 0.497 e. The molecule has 0 N–H and O–H groups in total. The topological polar surface area (TPSA) is 90.9 Å². The summed E-state index contributed by atoms with van der Waals surface area (Å²) in [6.45, 7) is 11.8. The molecule has 3 atom stereocenters. The van der Waals surface area contributed by atoms with Gasteiger partial charge in [-0.25, -0.2) is 14.8 Å². The number of allylic oxidation sites excluding steroid dienone is 1. The number of rotatable bonds is 8. The number of carbonyl (C=O) groups is 2. The number of hydrogen-bond acceptors (Lipinski definition) is 7. The molecule has 3 rings (SSSR count). The first-order valence-electron chi connectivity index (χ1n) is 11.8. The molecule has 36 heavy (non-hydrogen) atoms. The minimum atomic E-state index is -3.40. The second-order valence-corrected chi connectivity index (χ2v) is 9.85. The van der Waals surface area contributed by atoms with Crippen LogP contribution in [0.2, 0.25) is 0 Å². The van der Waals surface area contributed by atoms with Gasteiger partial charge in [0.1, 0.15) is 17.5 Å². The predicted molar refractivity (Wildman–Crippen MR) is 130 cm³/mol. The minimum Gasteiger partial charge on any atom is -0.497 e. The smallest absolute Gasteiger partial charge is 0.411 e. The molecule has 0 bridgehead atoms. The number of Topliss-reactive ketones (excluding diaryl/α,β-unsaturated/α-hetero) is 1. The second-order valence-electron chi connectivity index (χ2n) is 9.85. The maximum atomic E-state index is 15.1. The lowest BCUT2D eigenvalue weighted by molar-refractivity contribution is -0.122. The first kappa shape index (κ1) is 27.3. The van der Waals surface area contributed by atoms with Gasteiger partial charge in [0.15, 0.2) is 11.5 Å². The number of amides is 1. The summed E-state index contributed by atoms with van der Waals surface area (Å²) < 4.78 is 47.0. The Morgan fingerprint density at radius 1 is 1.22 bits per heavy atom. The molecule has 8 nitrogen and oxygen atoms in total. The normalized spacial score (nSPS) is 20.3. The third kappa shape index (κ3) is 5.74. The van der Waals surface area contributed by atoms with Crippen LogP contribution < -0.4 is 9.47 Å². The van der Waals surface area contributed by atoms with Gasteiger partial charge in [0.2, 0.25) is 5.88 Å². The lowest BCUT2D eigenvalue weighted by Gasteiger charge is -2.28. The van der Waals surface area contributed by atoms with Gasteiger partial charge in [0.05, 0.1) is 30.7 Å². The average Bonchev–Trinajstić information content (AvgIpc) is 3.15. The predicted octanol–water partition coefficient (Wildman–Crippen LogP) is 5.29. The van der Waals surface area contributed by atoms with E-state index in [1.807, 2.05) is 6.92 Å². The van der Waals surface area contributed by atoms with Crippen molar-refractivity contribution in [2.75, 3.05) is 13.7 Å². The van der Waals surface area contributed by atoms with E-state index in [1.54, 1.807) is 39.0 Å². The van der Waals surface area contributed by atoms with Crippen molar-refractivity contribution in [3.63, 3.8) is 0 Å². The number of fused-ring (bicyclic) bond motifs is 1. The molecule has 1 amide bonds. The zero-order chi connectivity index (χ0) is 26.8. The van der Waals surface area contributed by atoms with Gasteiger partial charge in [0, 0.05) is 18.4 Å². The fraction of sp³-hybridized carbons (Fsp3) is 0.538. The molecule has 1 aliphatic heterocycles. The van der Waals surface area contributed by atoms with Crippen molar-refractivity contribution in [1.29, 1.82) is 0 Å². The van der Waals surface area contributed by atoms with Crippen LogP contribution >= 0.6 is 0 Å². The Kier molecular flexibility index (Phi) is 7.85. The van der Waals surface area contributed by atoms with Crippen LogP contribution in [0.4, 0.5) is 13.6 Å². The van der Waals surface area contributed by atoms with Gasteiger partial charge in [0.25, 0.3) is 5.92 Å². The fourth-order valence-corrected chi connectivity index (χ4v) is 4.40. The summed E-state index contributed by atoms with van der Waals surface area (Å²) in [6.07, 6.45) is -0.557. The van der Waals surface area contributed by atoms with Crippen LogP contribution in [0.25, 0.3) is 11.0 Å². The highest BCUT2D eigenvalue weighted by Gasteiger charge is 2.49. The van der Waals surface area contributed by atoms with Gasteiger partial charge in [-0.15, -0.1) is 6.58 Å². The Morgan fingerprint density at radius 2 is 1.92 bits per heavy atom. The van der Waals surface area contributed by atoms with E-state index < -0.39 is 47.8 Å². The van der Waals surface area contributed by atoms with Crippen LogP contribution in [0.5, 0.6) is 11.6 Å². The molecule has 0 radical (unpaired) electrons. The van der Waals surface area contributed by atoms with Gasteiger partial charge in [-0.2, -0.15) is 8.78 Å². The Hall–Kier alpha value is -3.30. The number of ketones is 1. The summed E-state index contributed by atoms with van der Waals surface area (Å²) in [5.74, 6) is -3.99.